The lowest BCUT2D eigenvalue weighted by Crippen LogP contribution is -2.22. The summed E-state index contributed by atoms with van der Waals surface area (Å²) in [6.45, 7) is 14.1. The van der Waals surface area contributed by atoms with Gasteiger partial charge in [0.15, 0.2) is 5.84 Å². The van der Waals surface area contributed by atoms with Gasteiger partial charge in [0.25, 0.3) is 0 Å². The Morgan fingerprint density at radius 1 is 0.677 bits per heavy atom. The third-order valence-corrected chi connectivity index (χ3v) is 6.31. The molecule has 0 aliphatic heterocycles. The Kier molecular flexibility index (Phi) is 6.89. The van der Waals surface area contributed by atoms with E-state index in [4.69, 9.17) is 15.3 Å². The zero-order valence-electron chi connectivity index (χ0n) is 19.5. The molecule has 0 heterocycles. The standard InChI is InChI=1S/C24H29FN2O4/c1-10-11(2)16(7)21(25)20(15(10)6)24(29)31-27-22(26)18-13(4)12(3)14(5)19(17(18)8)23(28)30-9/h1-9H3,(H2,26,27). The average Bonchev–Trinajstić information content (AvgIpc) is 2.73. The molecule has 0 aromatic heterocycles. The molecule has 166 valence electrons. The van der Waals surface area contributed by atoms with E-state index in [1.807, 2.05) is 27.7 Å². The largest absolute Gasteiger partial charge is 0.465 e. The van der Waals surface area contributed by atoms with E-state index < -0.39 is 17.8 Å². The molecule has 0 spiro atoms. The number of benzene rings is 2. The van der Waals surface area contributed by atoms with E-state index in [1.165, 1.54) is 7.11 Å². The highest BCUT2D eigenvalue weighted by Gasteiger charge is 2.25. The van der Waals surface area contributed by atoms with Crippen molar-refractivity contribution in [3.8, 4) is 0 Å². The second-order valence-corrected chi connectivity index (χ2v) is 7.79. The van der Waals surface area contributed by atoms with Gasteiger partial charge in [-0.3, -0.25) is 0 Å². The van der Waals surface area contributed by atoms with Gasteiger partial charge in [-0.1, -0.05) is 5.16 Å². The molecule has 7 heteroatoms. The Morgan fingerprint density at radius 3 is 1.68 bits per heavy atom. The molecule has 6 nitrogen and oxygen atoms in total. The van der Waals surface area contributed by atoms with Gasteiger partial charge in [0.2, 0.25) is 0 Å². The minimum Gasteiger partial charge on any atom is -0.465 e. The quantitative estimate of drug-likeness (QED) is 0.253. The molecular formula is C24H29FN2O4. The van der Waals surface area contributed by atoms with Gasteiger partial charge < -0.3 is 15.3 Å². The van der Waals surface area contributed by atoms with Crippen molar-refractivity contribution in [3.63, 3.8) is 0 Å². The van der Waals surface area contributed by atoms with Crippen LogP contribution in [-0.2, 0) is 9.57 Å². The van der Waals surface area contributed by atoms with Crippen molar-refractivity contribution in [1.29, 1.82) is 0 Å². The zero-order valence-corrected chi connectivity index (χ0v) is 19.5. The average molecular weight is 429 g/mol. The van der Waals surface area contributed by atoms with E-state index in [2.05, 4.69) is 5.16 Å². The Bertz CT molecular complexity index is 1100. The second kappa shape index (κ2) is 8.88. The number of carbonyl (C=O) groups excluding carboxylic acids is 2. The normalized spacial score (nSPS) is 11.5. The van der Waals surface area contributed by atoms with E-state index in [-0.39, 0.29) is 11.4 Å². The summed E-state index contributed by atoms with van der Waals surface area (Å²) < 4.78 is 19.7. The molecule has 31 heavy (non-hydrogen) atoms. The number of carbonyl (C=O) groups is 2. The van der Waals surface area contributed by atoms with E-state index >= 15 is 0 Å². The lowest BCUT2D eigenvalue weighted by Gasteiger charge is -2.18. The van der Waals surface area contributed by atoms with Crippen LogP contribution in [0.2, 0.25) is 0 Å². The summed E-state index contributed by atoms with van der Waals surface area (Å²) in [4.78, 5) is 30.0. The lowest BCUT2D eigenvalue weighted by molar-refractivity contribution is 0.0508. The fraction of sp³-hybridized carbons (Fsp3) is 0.375. The number of ether oxygens (including phenoxy) is 1. The SMILES string of the molecule is COC(=O)c1c(C)c(C)c(C)c(/C(N)=N/OC(=O)c2c(C)c(C)c(C)c(C)c2F)c1C. The van der Waals surface area contributed by atoms with Crippen LogP contribution in [0, 0.1) is 61.2 Å². The van der Waals surface area contributed by atoms with Gasteiger partial charge in [-0.05, 0) is 99.9 Å². The number of rotatable bonds is 4. The van der Waals surface area contributed by atoms with Crippen LogP contribution in [-0.4, -0.2) is 24.9 Å². The number of methoxy groups -OCH3 is 1. The van der Waals surface area contributed by atoms with Crippen molar-refractivity contribution in [2.45, 2.75) is 55.4 Å². The Hall–Kier alpha value is -3.22. The molecule has 0 amide bonds. The van der Waals surface area contributed by atoms with Crippen LogP contribution in [0.1, 0.15) is 70.8 Å². The Labute approximate surface area is 182 Å². The fourth-order valence-corrected chi connectivity index (χ4v) is 3.83. The minimum absolute atomic E-state index is 0.0878. The van der Waals surface area contributed by atoms with Gasteiger partial charge in [-0.15, -0.1) is 0 Å². The molecule has 2 aromatic carbocycles. The highest BCUT2D eigenvalue weighted by molar-refractivity contribution is 6.05. The molecule has 0 radical (unpaired) electrons. The molecule has 0 fully saturated rings. The van der Waals surface area contributed by atoms with Crippen molar-refractivity contribution in [2.75, 3.05) is 7.11 Å². The van der Waals surface area contributed by atoms with Crippen molar-refractivity contribution in [1.82, 2.24) is 0 Å². The maximum absolute atomic E-state index is 14.8. The second-order valence-electron chi connectivity index (χ2n) is 7.79. The van der Waals surface area contributed by atoms with Crippen molar-refractivity contribution in [2.24, 2.45) is 10.9 Å². The van der Waals surface area contributed by atoms with Crippen LogP contribution in [0.15, 0.2) is 5.16 Å². The number of hydrogen-bond donors (Lipinski definition) is 1. The van der Waals surface area contributed by atoms with Gasteiger partial charge in [0, 0.05) is 5.56 Å². The summed E-state index contributed by atoms with van der Waals surface area (Å²) in [7, 11) is 1.30. The summed E-state index contributed by atoms with van der Waals surface area (Å²) in [5, 5.41) is 3.78. The Balaban J connectivity index is 2.55. The van der Waals surface area contributed by atoms with E-state index in [1.54, 1.807) is 27.7 Å². The highest BCUT2D eigenvalue weighted by Crippen LogP contribution is 2.28. The van der Waals surface area contributed by atoms with Crippen LogP contribution in [0.5, 0.6) is 0 Å². The van der Waals surface area contributed by atoms with Gasteiger partial charge >= 0.3 is 11.9 Å². The van der Waals surface area contributed by atoms with E-state index in [9.17, 15) is 14.0 Å². The molecule has 0 saturated heterocycles. The van der Waals surface area contributed by atoms with E-state index in [0.717, 1.165) is 27.8 Å². The van der Waals surface area contributed by atoms with Gasteiger partial charge in [-0.2, -0.15) is 0 Å². The van der Waals surface area contributed by atoms with Crippen molar-refractivity contribution >= 4 is 17.8 Å². The molecule has 2 N–H and O–H groups in total. The number of esters is 1. The molecule has 2 rings (SSSR count). The molecular weight excluding hydrogens is 399 g/mol. The summed E-state index contributed by atoms with van der Waals surface area (Å²) >= 11 is 0. The van der Waals surface area contributed by atoms with Crippen LogP contribution in [0.25, 0.3) is 0 Å². The fourth-order valence-electron chi connectivity index (χ4n) is 3.83. The number of nitrogens with zero attached hydrogens (tertiary/aromatic N) is 1. The molecule has 0 aliphatic carbocycles. The summed E-state index contributed by atoms with van der Waals surface area (Å²) in [6.07, 6.45) is 0. The number of halogens is 1. The number of oxime groups is 1. The van der Waals surface area contributed by atoms with Gasteiger partial charge in [-0.25, -0.2) is 14.0 Å². The number of amidine groups is 1. The number of nitrogens with two attached hydrogens (primary N) is 1. The molecule has 0 atom stereocenters. The molecule has 2 aromatic rings. The van der Waals surface area contributed by atoms with Crippen molar-refractivity contribution < 1.29 is 23.6 Å². The minimum atomic E-state index is -0.934. The third-order valence-electron chi connectivity index (χ3n) is 6.31. The van der Waals surface area contributed by atoms with Crippen molar-refractivity contribution in [3.05, 3.63) is 67.0 Å². The van der Waals surface area contributed by atoms with Crippen LogP contribution in [0.4, 0.5) is 4.39 Å². The molecule has 0 aliphatic rings. The van der Waals surface area contributed by atoms with Crippen LogP contribution >= 0.6 is 0 Å². The highest BCUT2D eigenvalue weighted by atomic mass is 19.1. The first-order valence-corrected chi connectivity index (χ1v) is 9.86. The number of hydrogen-bond acceptors (Lipinski definition) is 5. The lowest BCUT2D eigenvalue weighted by atomic mass is 9.88. The third kappa shape index (κ3) is 4.04. The van der Waals surface area contributed by atoms with Crippen LogP contribution in [0.3, 0.4) is 0 Å². The molecule has 0 saturated carbocycles. The smallest absolute Gasteiger partial charge is 0.369 e. The molecule has 0 unspecified atom stereocenters. The summed E-state index contributed by atoms with van der Waals surface area (Å²) in [5.74, 6) is -2.15. The van der Waals surface area contributed by atoms with Gasteiger partial charge in [0.05, 0.1) is 12.7 Å². The maximum Gasteiger partial charge on any atom is 0.369 e. The van der Waals surface area contributed by atoms with Crippen LogP contribution < -0.4 is 5.73 Å². The topological polar surface area (TPSA) is 91.0 Å². The van der Waals surface area contributed by atoms with Gasteiger partial charge in [0.1, 0.15) is 11.4 Å². The summed E-state index contributed by atoms with van der Waals surface area (Å²) in [6, 6.07) is 0. The monoisotopic (exact) mass is 428 g/mol. The predicted molar refractivity (Wildman–Crippen MR) is 118 cm³/mol. The first-order chi connectivity index (χ1) is 14.4. The van der Waals surface area contributed by atoms with E-state index in [0.29, 0.717) is 27.8 Å². The maximum atomic E-state index is 14.8. The first kappa shape index (κ1) is 24.1. The predicted octanol–water partition coefficient (Wildman–Crippen LogP) is 4.56. The molecule has 0 bridgehead atoms. The summed E-state index contributed by atoms with van der Waals surface area (Å²) in [5.41, 5.74) is 12.3. The zero-order chi connectivity index (χ0) is 23.8. The Morgan fingerprint density at radius 2 is 1.13 bits per heavy atom. The first-order valence-electron chi connectivity index (χ1n) is 9.86.